The topological polar surface area (TPSA) is 78.9 Å². The van der Waals surface area contributed by atoms with Crippen molar-refractivity contribution >= 4 is 17.9 Å². The van der Waals surface area contributed by atoms with Gasteiger partial charge >= 0.3 is 17.9 Å². The van der Waals surface area contributed by atoms with Crippen molar-refractivity contribution in [3.8, 4) is 0 Å². The fourth-order valence-electron chi connectivity index (χ4n) is 8.02. The molecule has 0 saturated heterocycles. The van der Waals surface area contributed by atoms with Crippen molar-refractivity contribution < 1.29 is 28.6 Å². The molecule has 0 aromatic carbocycles. The third-order valence-corrected chi connectivity index (χ3v) is 12.2. The van der Waals surface area contributed by atoms with Crippen molar-refractivity contribution in [2.24, 2.45) is 0 Å². The molecule has 0 N–H and O–H groups in total. The van der Waals surface area contributed by atoms with E-state index in [9.17, 15) is 14.4 Å². The smallest absolute Gasteiger partial charge is 0.306 e. The van der Waals surface area contributed by atoms with E-state index in [0.29, 0.717) is 19.3 Å². The highest BCUT2D eigenvalue weighted by Gasteiger charge is 2.19. The molecule has 6 nitrogen and oxygen atoms in total. The van der Waals surface area contributed by atoms with Crippen LogP contribution < -0.4 is 0 Å². The van der Waals surface area contributed by atoms with E-state index < -0.39 is 6.10 Å². The van der Waals surface area contributed by atoms with Crippen LogP contribution in [0.1, 0.15) is 297 Å². The van der Waals surface area contributed by atoms with E-state index in [2.05, 4.69) is 45.1 Å². The predicted molar refractivity (Wildman–Crippen MR) is 266 cm³/mol. The highest BCUT2D eigenvalue weighted by atomic mass is 16.6. The van der Waals surface area contributed by atoms with Crippen LogP contribution in [0.25, 0.3) is 0 Å². The Balaban J connectivity index is 4.17. The Kier molecular flexibility index (Phi) is 49.8. The molecule has 0 radical (unpaired) electrons. The molecule has 0 spiro atoms. The number of allylic oxidation sites excluding steroid dienone is 4. The fraction of sp³-hybridized carbons (Fsp3) is 0.875. The van der Waals surface area contributed by atoms with Gasteiger partial charge in [-0.15, -0.1) is 0 Å². The second kappa shape index (κ2) is 51.5. The molecule has 0 saturated carbocycles. The number of esters is 3. The van der Waals surface area contributed by atoms with Gasteiger partial charge in [0.05, 0.1) is 0 Å². The van der Waals surface area contributed by atoms with E-state index >= 15 is 0 Å². The van der Waals surface area contributed by atoms with Crippen LogP contribution in [-0.2, 0) is 28.6 Å². The van der Waals surface area contributed by atoms with Crippen LogP contribution in [-0.4, -0.2) is 37.2 Å². The van der Waals surface area contributed by atoms with Crippen LogP contribution >= 0.6 is 0 Å². The predicted octanol–water partition coefficient (Wildman–Crippen LogP) is 17.9. The van der Waals surface area contributed by atoms with Crippen molar-refractivity contribution in [3.05, 3.63) is 24.3 Å². The first-order chi connectivity index (χ1) is 30.5. The summed E-state index contributed by atoms with van der Waals surface area (Å²) in [6.45, 7) is 6.61. The molecule has 0 fully saturated rings. The summed E-state index contributed by atoms with van der Waals surface area (Å²) >= 11 is 0. The highest BCUT2D eigenvalue weighted by Crippen LogP contribution is 2.16. The quantitative estimate of drug-likeness (QED) is 0.0262. The molecule has 0 aromatic rings. The molecule has 0 aliphatic heterocycles. The van der Waals surface area contributed by atoms with Crippen LogP contribution in [0.5, 0.6) is 0 Å². The lowest BCUT2D eigenvalue weighted by molar-refractivity contribution is -0.167. The zero-order valence-corrected chi connectivity index (χ0v) is 41.7. The lowest BCUT2D eigenvalue weighted by Crippen LogP contribution is -2.30. The van der Waals surface area contributed by atoms with Gasteiger partial charge in [0, 0.05) is 19.3 Å². The van der Waals surface area contributed by atoms with Gasteiger partial charge in [0.15, 0.2) is 6.10 Å². The first-order valence-corrected chi connectivity index (χ1v) is 27.3. The molecule has 0 bridgehead atoms. The second-order valence-corrected chi connectivity index (χ2v) is 18.5. The monoisotopic (exact) mass is 873 g/mol. The van der Waals surface area contributed by atoms with E-state index in [-0.39, 0.29) is 31.1 Å². The SMILES string of the molecule is CCCCC/C=C\CCCCCCCC(=O)OC(COC(=O)CCCCCCCCCCC)COC(=O)CCCCCCCCCCCCC/C=C\CCCCCCCCCC. The summed E-state index contributed by atoms with van der Waals surface area (Å²) in [6, 6.07) is 0. The second-order valence-electron chi connectivity index (χ2n) is 18.5. The zero-order chi connectivity index (χ0) is 45.1. The van der Waals surface area contributed by atoms with E-state index in [1.165, 1.54) is 193 Å². The summed E-state index contributed by atoms with van der Waals surface area (Å²) in [7, 11) is 0. The van der Waals surface area contributed by atoms with Crippen LogP contribution in [0.15, 0.2) is 24.3 Å². The average Bonchev–Trinajstić information content (AvgIpc) is 3.27. The largest absolute Gasteiger partial charge is 0.462 e. The maximum Gasteiger partial charge on any atom is 0.306 e. The van der Waals surface area contributed by atoms with Crippen molar-refractivity contribution in [2.75, 3.05) is 13.2 Å². The van der Waals surface area contributed by atoms with Gasteiger partial charge in [-0.2, -0.15) is 0 Å². The Bertz CT molecular complexity index is 1000. The van der Waals surface area contributed by atoms with Gasteiger partial charge < -0.3 is 14.2 Å². The summed E-state index contributed by atoms with van der Waals surface area (Å²) in [5.74, 6) is -0.871. The zero-order valence-electron chi connectivity index (χ0n) is 41.7. The minimum Gasteiger partial charge on any atom is -0.462 e. The van der Waals surface area contributed by atoms with Crippen LogP contribution in [0.3, 0.4) is 0 Å². The van der Waals surface area contributed by atoms with Gasteiger partial charge in [-0.3, -0.25) is 14.4 Å². The van der Waals surface area contributed by atoms with Crippen LogP contribution in [0.2, 0.25) is 0 Å². The Morgan fingerprint density at radius 1 is 0.306 bits per heavy atom. The Morgan fingerprint density at radius 2 is 0.532 bits per heavy atom. The molecular weight excluding hydrogens is 769 g/mol. The maximum atomic E-state index is 12.8. The third kappa shape index (κ3) is 48.9. The van der Waals surface area contributed by atoms with E-state index in [1.54, 1.807) is 0 Å². The highest BCUT2D eigenvalue weighted by molar-refractivity contribution is 5.71. The fourth-order valence-corrected chi connectivity index (χ4v) is 8.02. The summed E-state index contributed by atoms with van der Waals surface area (Å²) in [5, 5.41) is 0. The van der Waals surface area contributed by atoms with Gasteiger partial charge in [-0.1, -0.05) is 231 Å². The molecule has 0 aliphatic carbocycles. The van der Waals surface area contributed by atoms with Crippen molar-refractivity contribution in [2.45, 2.75) is 303 Å². The van der Waals surface area contributed by atoms with E-state index in [1.807, 2.05) is 0 Å². The number of ether oxygens (including phenoxy) is 3. The van der Waals surface area contributed by atoms with Gasteiger partial charge in [0.25, 0.3) is 0 Å². The van der Waals surface area contributed by atoms with Crippen molar-refractivity contribution in [3.63, 3.8) is 0 Å². The Morgan fingerprint density at radius 3 is 0.839 bits per heavy atom. The molecule has 1 unspecified atom stereocenters. The number of carbonyl (C=O) groups is 3. The number of unbranched alkanes of at least 4 members (excludes halogenated alkanes) is 35. The number of hydrogen-bond acceptors (Lipinski definition) is 6. The lowest BCUT2D eigenvalue weighted by atomic mass is 10.0. The van der Waals surface area contributed by atoms with Crippen LogP contribution in [0.4, 0.5) is 0 Å². The Hall–Kier alpha value is -2.11. The molecule has 62 heavy (non-hydrogen) atoms. The Labute approximate surface area is 385 Å². The van der Waals surface area contributed by atoms with E-state index in [0.717, 1.165) is 64.2 Å². The molecule has 0 rings (SSSR count). The molecule has 364 valence electrons. The molecule has 0 amide bonds. The van der Waals surface area contributed by atoms with Crippen molar-refractivity contribution in [1.29, 1.82) is 0 Å². The number of rotatable bonds is 50. The van der Waals surface area contributed by atoms with Gasteiger partial charge in [0.2, 0.25) is 0 Å². The summed E-state index contributed by atoms with van der Waals surface area (Å²) in [5.41, 5.74) is 0. The first-order valence-electron chi connectivity index (χ1n) is 27.3. The normalized spacial score (nSPS) is 12.1. The van der Waals surface area contributed by atoms with Crippen molar-refractivity contribution in [1.82, 2.24) is 0 Å². The standard InChI is InChI=1S/C56H104O6/c1-4-7-10-13-16-19-21-23-24-25-26-27-28-29-30-31-32-33-35-37-40-43-46-49-55(58)61-52-53(51-60-54(57)48-45-42-39-36-18-15-12-9-6-3)62-56(59)50-47-44-41-38-34-22-20-17-14-11-8-5-2/h17,20,25-26,53H,4-16,18-19,21-24,27-52H2,1-3H3/b20-17-,26-25-. The molecular formula is C56H104O6. The minimum absolute atomic E-state index is 0.0714. The average molecular weight is 873 g/mol. The summed E-state index contributed by atoms with van der Waals surface area (Å²) in [6.07, 6.45) is 58.9. The first kappa shape index (κ1) is 59.9. The summed E-state index contributed by atoms with van der Waals surface area (Å²) in [4.78, 5) is 37.9. The molecule has 0 heterocycles. The third-order valence-electron chi connectivity index (χ3n) is 12.2. The van der Waals surface area contributed by atoms with E-state index in [4.69, 9.17) is 14.2 Å². The molecule has 0 aromatic heterocycles. The number of hydrogen-bond donors (Lipinski definition) is 0. The maximum absolute atomic E-state index is 12.8. The van der Waals surface area contributed by atoms with Gasteiger partial charge in [0.1, 0.15) is 13.2 Å². The molecule has 0 aliphatic rings. The van der Waals surface area contributed by atoms with Gasteiger partial charge in [-0.25, -0.2) is 0 Å². The molecule has 1 atom stereocenters. The molecule has 6 heteroatoms. The van der Waals surface area contributed by atoms with Gasteiger partial charge in [-0.05, 0) is 70.6 Å². The minimum atomic E-state index is -0.770. The number of carbonyl (C=O) groups excluding carboxylic acids is 3. The summed E-state index contributed by atoms with van der Waals surface area (Å²) < 4.78 is 16.8. The van der Waals surface area contributed by atoms with Crippen LogP contribution in [0, 0.1) is 0 Å². The lowest BCUT2D eigenvalue weighted by Gasteiger charge is -2.18.